The number of amides is 2. The molecule has 2 amide bonds. The van der Waals surface area contributed by atoms with Crippen molar-refractivity contribution in [3.05, 3.63) is 87.7 Å². The highest BCUT2D eigenvalue weighted by molar-refractivity contribution is 8.04. The fourth-order valence-electron chi connectivity index (χ4n) is 2.73. The Morgan fingerprint density at radius 2 is 2.07 bits per heavy atom. The highest BCUT2D eigenvalue weighted by atomic mass is 35.5. The van der Waals surface area contributed by atoms with E-state index in [1.54, 1.807) is 48.7 Å². The molecule has 140 valence electrons. The molecule has 1 aromatic heterocycles. The van der Waals surface area contributed by atoms with E-state index in [-0.39, 0.29) is 11.8 Å². The lowest BCUT2D eigenvalue weighted by molar-refractivity contribution is -0.112. The van der Waals surface area contributed by atoms with Crippen LogP contribution < -0.4 is 10.6 Å². The molecule has 0 unspecified atom stereocenters. The van der Waals surface area contributed by atoms with Crippen LogP contribution in [0.15, 0.2) is 75.1 Å². The topological polar surface area (TPSA) is 71.3 Å². The molecule has 1 aliphatic heterocycles. The molecule has 3 aromatic rings. The van der Waals surface area contributed by atoms with Crippen molar-refractivity contribution < 1.29 is 14.0 Å². The van der Waals surface area contributed by atoms with E-state index < -0.39 is 0 Å². The van der Waals surface area contributed by atoms with Gasteiger partial charge in [-0.2, -0.15) is 0 Å². The SMILES string of the molecule is O=C1Nc2cc(C(=O)NCc3ccco3)ccc2SC1=Cc1cccc(Cl)c1. The number of benzene rings is 2. The molecular formula is C21H15ClN2O3S. The van der Waals surface area contributed by atoms with Gasteiger partial charge in [-0.1, -0.05) is 35.5 Å². The molecule has 2 aromatic carbocycles. The molecule has 0 bridgehead atoms. The van der Waals surface area contributed by atoms with E-state index in [1.807, 2.05) is 18.2 Å². The van der Waals surface area contributed by atoms with Gasteiger partial charge < -0.3 is 15.1 Å². The Labute approximate surface area is 170 Å². The maximum absolute atomic E-state index is 12.5. The lowest BCUT2D eigenvalue weighted by atomic mass is 10.1. The number of fused-ring (bicyclic) bond motifs is 1. The number of anilines is 1. The van der Waals surface area contributed by atoms with Gasteiger partial charge in [0.2, 0.25) is 0 Å². The Morgan fingerprint density at radius 1 is 1.18 bits per heavy atom. The van der Waals surface area contributed by atoms with Crippen molar-refractivity contribution in [2.45, 2.75) is 11.4 Å². The van der Waals surface area contributed by atoms with Crippen LogP contribution in [-0.4, -0.2) is 11.8 Å². The normalized spacial score (nSPS) is 14.5. The standard InChI is InChI=1S/C21H15ClN2O3S/c22-15-4-1-3-13(9-15)10-19-21(26)24-17-11-14(6-7-18(17)28-19)20(25)23-12-16-5-2-8-27-16/h1-11H,12H2,(H,23,25)(H,24,26). The zero-order valence-electron chi connectivity index (χ0n) is 14.6. The Hall–Kier alpha value is -2.96. The van der Waals surface area contributed by atoms with Crippen molar-refractivity contribution in [1.82, 2.24) is 5.32 Å². The van der Waals surface area contributed by atoms with Crippen LogP contribution in [0.25, 0.3) is 6.08 Å². The number of furan rings is 1. The van der Waals surface area contributed by atoms with Crippen LogP contribution >= 0.6 is 23.4 Å². The van der Waals surface area contributed by atoms with Crippen LogP contribution in [0.3, 0.4) is 0 Å². The fourth-order valence-corrected chi connectivity index (χ4v) is 3.86. The highest BCUT2D eigenvalue weighted by Gasteiger charge is 2.22. The van der Waals surface area contributed by atoms with E-state index in [2.05, 4.69) is 10.6 Å². The first-order valence-electron chi connectivity index (χ1n) is 8.49. The van der Waals surface area contributed by atoms with Gasteiger partial charge in [0, 0.05) is 15.5 Å². The number of hydrogen-bond donors (Lipinski definition) is 2. The number of carbonyl (C=O) groups is 2. The van der Waals surface area contributed by atoms with Crippen molar-refractivity contribution in [3.8, 4) is 0 Å². The van der Waals surface area contributed by atoms with Crippen molar-refractivity contribution in [3.63, 3.8) is 0 Å². The summed E-state index contributed by atoms with van der Waals surface area (Å²) < 4.78 is 5.20. The molecule has 0 fully saturated rings. The van der Waals surface area contributed by atoms with E-state index in [0.29, 0.717) is 33.5 Å². The number of halogens is 1. The number of rotatable bonds is 4. The van der Waals surface area contributed by atoms with E-state index in [4.69, 9.17) is 16.0 Å². The summed E-state index contributed by atoms with van der Waals surface area (Å²) in [7, 11) is 0. The van der Waals surface area contributed by atoms with Crippen LogP contribution in [0, 0.1) is 0 Å². The molecular weight excluding hydrogens is 396 g/mol. The first-order chi connectivity index (χ1) is 13.6. The van der Waals surface area contributed by atoms with E-state index >= 15 is 0 Å². The Kier molecular flexibility index (Phi) is 5.23. The van der Waals surface area contributed by atoms with E-state index in [1.165, 1.54) is 11.8 Å². The smallest absolute Gasteiger partial charge is 0.262 e. The minimum atomic E-state index is -0.237. The number of hydrogen-bond acceptors (Lipinski definition) is 4. The average molecular weight is 411 g/mol. The average Bonchev–Trinajstić information content (AvgIpc) is 3.20. The predicted octanol–water partition coefficient (Wildman–Crippen LogP) is 4.95. The molecule has 0 radical (unpaired) electrons. The summed E-state index contributed by atoms with van der Waals surface area (Å²) in [5.74, 6) is 0.218. The third-order valence-electron chi connectivity index (χ3n) is 4.08. The van der Waals surface area contributed by atoms with Gasteiger partial charge >= 0.3 is 0 Å². The maximum Gasteiger partial charge on any atom is 0.262 e. The van der Waals surface area contributed by atoms with Gasteiger partial charge in [0.1, 0.15) is 5.76 Å². The van der Waals surface area contributed by atoms with Gasteiger partial charge in [-0.3, -0.25) is 9.59 Å². The van der Waals surface area contributed by atoms with Crippen molar-refractivity contribution in [2.24, 2.45) is 0 Å². The monoisotopic (exact) mass is 410 g/mol. The molecule has 2 N–H and O–H groups in total. The molecule has 1 aliphatic rings. The van der Waals surface area contributed by atoms with Gasteiger partial charge in [-0.25, -0.2) is 0 Å². The maximum atomic E-state index is 12.5. The summed E-state index contributed by atoms with van der Waals surface area (Å²) in [6.07, 6.45) is 3.35. The first-order valence-corrected chi connectivity index (χ1v) is 9.69. The van der Waals surface area contributed by atoms with Crippen molar-refractivity contribution in [1.29, 1.82) is 0 Å². The Balaban J connectivity index is 1.51. The molecule has 5 nitrogen and oxygen atoms in total. The summed E-state index contributed by atoms with van der Waals surface area (Å²) in [4.78, 5) is 26.2. The highest BCUT2D eigenvalue weighted by Crippen LogP contribution is 2.39. The molecule has 7 heteroatoms. The molecule has 0 spiro atoms. The second-order valence-electron chi connectivity index (χ2n) is 6.09. The quantitative estimate of drug-likeness (QED) is 0.597. The second kappa shape index (κ2) is 7.96. The molecule has 2 heterocycles. The summed E-state index contributed by atoms with van der Waals surface area (Å²) in [6, 6.07) is 16.1. The molecule has 0 saturated carbocycles. The van der Waals surface area contributed by atoms with Crippen LogP contribution in [0.5, 0.6) is 0 Å². The number of nitrogens with one attached hydrogen (secondary N) is 2. The molecule has 0 aliphatic carbocycles. The Bertz CT molecular complexity index is 1080. The molecule has 0 atom stereocenters. The van der Waals surface area contributed by atoms with Gasteiger partial charge in [-0.05, 0) is 54.1 Å². The van der Waals surface area contributed by atoms with Crippen LogP contribution in [0.2, 0.25) is 5.02 Å². The molecule has 0 saturated heterocycles. The summed E-state index contributed by atoms with van der Waals surface area (Å²) in [5.41, 5.74) is 1.93. The first kappa shape index (κ1) is 18.4. The van der Waals surface area contributed by atoms with Gasteiger partial charge in [0.05, 0.1) is 23.4 Å². The van der Waals surface area contributed by atoms with Crippen molar-refractivity contribution >= 4 is 46.9 Å². The second-order valence-corrected chi connectivity index (χ2v) is 7.61. The summed E-state index contributed by atoms with van der Waals surface area (Å²) in [5, 5.41) is 6.25. The van der Waals surface area contributed by atoms with Crippen LogP contribution in [-0.2, 0) is 11.3 Å². The largest absolute Gasteiger partial charge is 0.467 e. The zero-order chi connectivity index (χ0) is 19.5. The van der Waals surface area contributed by atoms with Crippen molar-refractivity contribution in [2.75, 3.05) is 5.32 Å². The van der Waals surface area contributed by atoms with E-state index in [9.17, 15) is 9.59 Å². The zero-order valence-corrected chi connectivity index (χ0v) is 16.1. The van der Waals surface area contributed by atoms with Crippen LogP contribution in [0.4, 0.5) is 5.69 Å². The van der Waals surface area contributed by atoms with Gasteiger partial charge in [0.25, 0.3) is 11.8 Å². The van der Waals surface area contributed by atoms with E-state index in [0.717, 1.165) is 10.5 Å². The minimum Gasteiger partial charge on any atom is -0.467 e. The fraction of sp³-hybridized carbons (Fsp3) is 0.0476. The molecule has 4 rings (SSSR count). The minimum absolute atomic E-state index is 0.217. The lowest BCUT2D eigenvalue weighted by Crippen LogP contribution is -2.23. The summed E-state index contributed by atoms with van der Waals surface area (Å²) in [6.45, 7) is 0.302. The third kappa shape index (κ3) is 4.13. The van der Waals surface area contributed by atoms with Crippen LogP contribution in [0.1, 0.15) is 21.7 Å². The molecule has 28 heavy (non-hydrogen) atoms. The van der Waals surface area contributed by atoms with Gasteiger partial charge in [0.15, 0.2) is 0 Å². The Morgan fingerprint density at radius 3 is 2.86 bits per heavy atom. The summed E-state index contributed by atoms with van der Waals surface area (Å²) >= 11 is 7.36. The number of carbonyl (C=O) groups excluding carboxylic acids is 2. The lowest BCUT2D eigenvalue weighted by Gasteiger charge is -2.19. The number of thioether (sulfide) groups is 1. The third-order valence-corrected chi connectivity index (χ3v) is 5.42. The predicted molar refractivity (Wildman–Crippen MR) is 110 cm³/mol. The van der Waals surface area contributed by atoms with Gasteiger partial charge in [-0.15, -0.1) is 0 Å².